The van der Waals surface area contributed by atoms with Gasteiger partial charge in [-0.05, 0) is 57.8 Å². The van der Waals surface area contributed by atoms with E-state index in [1.54, 1.807) is 0 Å². The van der Waals surface area contributed by atoms with E-state index in [4.69, 9.17) is 11.5 Å². The maximum absolute atomic E-state index is 6.35. The lowest BCUT2D eigenvalue weighted by molar-refractivity contribution is 1.47. The molecular weight excluding hydrogens is 280 g/mol. The van der Waals surface area contributed by atoms with Crippen molar-refractivity contribution >= 4 is 32.9 Å². The highest BCUT2D eigenvalue weighted by atomic mass is 14.6. The van der Waals surface area contributed by atoms with Gasteiger partial charge in [-0.25, -0.2) is 0 Å². The molecule has 0 aliphatic heterocycles. The molecule has 0 saturated carbocycles. The van der Waals surface area contributed by atoms with Crippen molar-refractivity contribution in [3.63, 3.8) is 0 Å². The molecule has 2 heteroatoms. The van der Waals surface area contributed by atoms with Gasteiger partial charge in [0.2, 0.25) is 0 Å². The predicted octanol–water partition coefficient (Wildman–Crippen LogP) is 5.13. The monoisotopic (exact) mass is 298 g/mol. The summed E-state index contributed by atoms with van der Waals surface area (Å²) in [4.78, 5) is 0. The first-order valence-electron chi connectivity index (χ1n) is 7.71. The Morgan fingerprint density at radius 3 is 1.83 bits per heavy atom. The van der Waals surface area contributed by atoms with Crippen molar-refractivity contribution in [3.8, 4) is 11.1 Å². The van der Waals surface area contributed by atoms with Crippen molar-refractivity contribution in [3.05, 3.63) is 72.3 Å². The van der Waals surface area contributed by atoms with Crippen LogP contribution in [-0.4, -0.2) is 0 Å². The van der Waals surface area contributed by atoms with Crippen LogP contribution in [0.3, 0.4) is 0 Å². The number of hydrogen-bond donors (Lipinski definition) is 2. The zero-order valence-corrected chi connectivity index (χ0v) is 13.0. The Kier molecular flexibility index (Phi) is 2.98. The highest BCUT2D eigenvalue weighted by Crippen LogP contribution is 2.40. The van der Waals surface area contributed by atoms with E-state index in [-0.39, 0.29) is 0 Å². The molecule has 4 N–H and O–H groups in total. The first kappa shape index (κ1) is 13.6. The number of aryl methyl sites for hydroxylation is 1. The van der Waals surface area contributed by atoms with Gasteiger partial charge in [0.1, 0.15) is 0 Å². The second-order valence-corrected chi connectivity index (χ2v) is 5.99. The molecule has 0 radical (unpaired) electrons. The van der Waals surface area contributed by atoms with Gasteiger partial charge in [-0.3, -0.25) is 0 Å². The lowest BCUT2D eigenvalue weighted by Crippen LogP contribution is -1.97. The van der Waals surface area contributed by atoms with Crippen LogP contribution in [-0.2, 0) is 0 Å². The van der Waals surface area contributed by atoms with Crippen molar-refractivity contribution in [1.82, 2.24) is 0 Å². The summed E-state index contributed by atoms with van der Waals surface area (Å²) in [6, 6.07) is 23.0. The van der Waals surface area contributed by atoms with E-state index in [9.17, 15) is 0 Å². The van der Waals surface area contributed by atoms with Crippen LogP contribution in [0.5, 0.6) is 0 Å². The zero-order valence-electron chi connectivity index (χ0n) is 13.0. The fraction of sp³-hybridized carbons (Fsp3) is 0.0476. The molecule has 4 aromatic rings. The minimum absolute atomic E-state index is 0.762. The number of nitrogen functional groups attached to an aromatic ring is 2. The van der Waals surface area contributed by atoms with Crippen molar-refractivity contribution in [2.75, 3.05) is 11.5 Å². The summed E-state index contributed by atoms with van der Waals surface area (Å²) in [5, 5.41) is 4.81. The van der Waals surface area contributed by atoms with E-state index in [1.807, 2.05) is 19.1 Å². The van der Waals surface area contributed by atoms with Crippen molar-refractivity contribution < 1.29 is 0 Å². The smallest absolute Gasteiger partial charge is 0.0398 e. The van der Waals surface area contributed by atoms with Crippen LogP contribution in [0.4, 0.5) is 11.4 Å². The summed E-state index contributed by atoms with van der Waals surface area (Å²) in [7, 11) is 0. The van der Waals surface area contributed by atoms with Gasteiger partial charge in [-0.1, -0.05) is 48.5 Å². The van der Waals surface area contributed by atoms with E-state index in [1.165, 1.54) is 21.5 Å². The molecule has 112 valence electrons. The summed E-state index contributed by atoms with van der Waals surface area (Å²) in [5.41, 5.74) is 17.2. The van der Waals surface area contributed by atoms with Crippen LogP contribution < -0.4 is 11.5 Å². The van der Waals surface area contributed by atoms with Gasteiger partial charge in [0.05, 0.1) is 0 Å². The molecule has 2 nitrogen and oxygen atoms in total. The summed E-state index contributed by atoms with van der Waals surface area (Å²) in [6.07, 6.45) is 0. The fourth-order valence-corrected chi connectivity index (χ4v) is 3.27. The van der Waals surface area contributed by atoms with E-state index >= 15 is 0 Å². The summed E-state index contributed by atoms with van der Waals surface area (Å²) >= 11 is 0. The van der Waals surface area contributed by atoms with Gasteiger partial charge in [-0.2, -0.15) is 0 Å². The van der Waals surface area contributed by atoms with E-state index < -0.39 is 0 Å². The third-order valence-electron chi connectivity index (χ3n) is 4.48. The van der Waals surface area contributed by atoms with Crippen LogP contribution >= 0.6 is 0 Å². The number of rotatable bonds is 1. The molecule has 0 unspecified atom stereocenters. The van der Waals surface area contributed by atoms with Crippen molar-refractivity contribution in [1.29, 1.82) is 0 Å². The Labute approximate surface area is 135 Å². The van der Waals surface area contributed by atoms with Crippen molar-refractivity contribution in [2.45, 2.75) is 6.92 Å². The SMILES string of the molecule is Cc1cc(N)c(-c2c3ccccc3cc3ccccc23)cc1N. The average Bonchev–Trinajstić information content (AvgIpc) is 2.56. The van der Waals surface area contributed by atoms with E-state index in [0.717, 1.165) is 28.1 Å². The normalized spacial score (nSPS) is 11.2. The third kappa shape index (κ3) is 2.11. The quantitative estimate of drug-likeness (QED) is 0.378. The molecule has 0 fully saturated rings. The molecule has 0 amide bonds. The lowest BCUT2D eigenvalue weighted by atomic mass is 9.90. The Morgan fingerprint density at radius 1 is 0.652 bits per heavy atom. The second-order valence-electron chi connectivity index (χ2n) is 5.99. The highest BCUT2D eigenvalue weighted by Gasteiger charge is 2.13. The Balaban J connectivity index is 2.22. The molecule has 0 bridgehead atoms. The molecule has 0 aromatic heterocycles. The topological polar surface area (TPSA) is 52.0 Å². The van der Waals surface area contributed by atoms with Gasteiger partial charge in [0.25, 0.3) is 0 Å². The Morgan fingerprint density at radius 2 is 1.22 bits per heavy atom. The number of fused-ring (bicyclic) bond motifs is 2. The van der Waals surface area contributed by atoms with E-state index in [0.29, 0.717) is 0 Å². The van der Waals surface area contributed by atoms with Gasteiger partial charge < -0.3 is 11.5 Å². The average molecular weight is 298 g/mol. The highest BCUT2D eigenvalue weighted by molar-refractivity contribution is 6.14. The van der Waals surface area contributed by atoms with Crippen LogP contribution in [0.1, 0.15) is 5.56 Å². The summed E-state index contributed by atoms with van der Waals surface area (Å²) in [5.74, 6) is 0. The van der Waals surface area contributed by atoms with Crippen LogP contribution in [0.15, 0.2) is 66.7 Å². The second kappa shape index (κ2) is 5.03. The Hall–Kier alpha value is -3.00. The van der Waals surface area contributed by atoms with Gasteiger partial charge in [0.15, 0.2) is 0 Å². The van der Waals surface area contributed by atoms with Crippen LogP contribution in [0.2, 0.25) is 0 Å². The minimum atomic E-state index is 0.762. The lowest BCUT2D eigenvalue weighted by Gasteiger charge is -2.15. The molecule has 23 heavy (non-hydrogen) atoms. The first-order valence-corrected chi connectivity index (χ1v) is 7.71. The molecule has 4 rings (SSSR count). The number of nitrogens with two attached hydrogens (primary N) is 2. The predicted molar refractivity (Wildman–Crippen MR) is 100 cm³/mol. The maximum Gasteiger partial charge on any atom is 0.0398 e. The minimum Gasteiger partial charge on any atom is -0.398 e. The van der Waals surface area contributed by atoms with Crippen LogP contribution in [0.25, 0.3) is 32.7 Å². The van der Waals surface area contributed by atoms with Gasteiger partial charge in [0, 0.05) is 16.9 Å². The molecule has 0 aliphatic carbocycles. The third-order valence-corrected chi connectivity index (χ3v) is 4.48. The zero-order chi connectivity index (χ0) is 16.0. The van der Waals surface area contributed by atoms with Crippen LogP contribution in [0, 0.1) is 6.92 Å². The van der Waals surface area contributed by atoms with Gasteiger partial charge in [-0.15, -0.1) is 0 Å². The van der Waals surface area contributed by atoms with Gasteiger partial charge >= 0.3 is 0 Å². The number of anilines is 2. The summed E-state index contributed by atoms with van der Waals surface area (Å²) in [6.45, 7) is 1.98. The maximum atomic E-state index is 6.35. The first-order chi connectivity index (χ1) is 11.1. The Bertz CT molecular complexity index is 994. The number of benzene rings is 4. The molecule has 0 heterocycles. The van der Waals surface area contributed by atoms with Crippen molar-refractivity contribution in [2.24, 2.45) is 0 Å². The molecule has 0 spiro atoms. The molecule has 0 saturated heterocycles. The summed E-state index contributed by atoms with van der Waals surface area (Å²) < 4.78 is 0. The standard InChI is InChI=1S/C21H18N2/c1-13-10-20(23)18(12-19(13)22)21-16-8-4-2-6-14(16)11-15-7-3-5-9-17(15)21/h2-12H,22-23H2,1H3. The van der Waals surface area contributed by atoms with E-state index in [2.05, 4.69) is 54.6 Å². The fourth-order valence-electron chi connectivity index (χ4n) is 3.27. The largest absolute Gasteiger partial charge is 0.398 e. The number of hydrogen-bond acceptors (Lipinski definition) is 2. The molecule has 0 aliphatic rings. The molecule has 4 aromatic carbocycles. The molecular formula is C21H18N2. The molecule has 0 atom stereocenters.